The molecule has 0 bridgehead atoms. The number of carboxylic acids is 1. The van der Waals surface area contributed by atoms with E-state index in [1.54, 1.807) is 13.3 Å². The molecule has 0 saturated carbocycles. The fourth-order valence-electron chi connectivity index (χ4n) is 2.55. The zero-order valence-electron chi connectivity index (χ0n) is 11.2. The van der Waals surface area contributed by atoms with Gasteiger partial charge >= 0.3 is 5.97 Å². The molecule has 3 heterocycles. The maximum atomic E-state index is 12.0. The molecule has 1 saturated heterocycles. The van der Waals surface area contributed by atoms with E-state index in [2.05, 4.69) is 10.3 Å². The maximum Gasteiger partial charge on any atom is 0.354 e. The first-order valence-electron chi connectivity index (χ1n) is 6.54. The summed E-state index contributed by atoms with van der Waals surface area (Å²) in [6.07, 6.45) is 0.873. The molecular formula is C12H15N3O4S2. The third-order valence-electron chi connectivity index (χ3n) is 3.58. The molecule has 3 rings (SSSR count). The molecule has 0 spiro atoms. The Hall–Kier alpha value is -1.19. The zero-order chi connectivity index (χ0) is 15.1. The van der Waals surface area contributed by atoms with Crippen molar-refractivity contribution in [1.82, 2.24) is 10.2 Å². The first kappa shape index (κ1) is 14.7. The van der Waals surface area contributed by atoms with Gasteiger partial charge in [0.05, 0.1) is 29.1 Å². The smallest absolute Gasteiger partial charge is 0.354 e. The van der Waals surface area contributed by atoms with Crippen LogP contribution in [-0.4, -0.2) is 63.1 Å². The van der Waals surface area contributed by atoms with E-state index < -0.39 is 18.0 Å². The van der Waals surface area contributed by atoms with Crippen LogP contribution in [0.25, 0.3) is 0 Å². The molecule has 1 amide bonds. The Morgan fingerprint density at radius 1 is 1.67 bits per heavy atom. The van der Waals surface area contributed by atoms with Gasteiger partial charge in [0.1, 0.15) is 5.37 Å². The quantitative estimate of drug-likeness (QED) is 0.618. The van der Waals surface area contributed by atoms with Crippen molar-refractivity contribution < 1.29 is 19.8 Å². The summed E-state index contributed by atoms with van der Waals surface area (Å²) >= 11 is 2.80. The van der Waals surface area contributed by atoms with Crippen LogP contribution in [0.5, 0.6) is 0 Å². The number of aliphatic hydroxyl groups is 1. The summed E-state index contributed by atoms with van der Waals surface area (Å²) in [6.45, 7) is 2.89. The molecule has 0 aromatic heterocycles. The number of hydrogen-bond acceptors (Lipinski definition) is 7. The predicted octanol–water partition coefficient (Wildman–Crippen LogP) is -0.115. The number of aliphatic imine (C=N–C) groups is 1. The van der Waals surface area contributed by atoms with Crippen molar-refractivity contribution in [3.63, 3.8) is 0 Å². The summed E-state index contributed by atoms with van der Waals surface area (Å²) in [4.78, 5) is 29.0. The molecule has 3 N–H and O–H groups in total. The fraction of sp³-hybridized carbons (Fsp3) is 0.583. The van der Waals surface area contributed by atoms with Crippen LogP contribution < -0.4 is 5.32 Å². The normalized spacial score (nSPS) is 32.6. The molecule has 4 atom stereocenters. The molecule has 3 aliphatic heterocycles. The number of carbonyl (C=O) groups excluding carboxylic acids is 1. The van der Waals surface area contributed by atoms with Crippen LogP contribution in [0, 0.1) is 5.92 Å². The van der Waals surface area contributed by atoms with E-state index >= 15 is 0 Å². The van der Waals surface area contributed by atoms with Gasteiger partial charge in [-0.2, -0.15) is 0 Å². The van der Waals surface area contributed by atoms with Crippen LogP contribution in [0.15, 0.2) is 14.9 Å². The van der Waals surface area contributed by atoms with Gasteiger partial charge in [0.2, 0.25) is 5.91 Å². The van der Waals surface area contributed by atoms with Crippen LogP contribution >= 0.6 is 23.5 Å². The number of nitrogens with one attached hydrogen (secondary N) is 1. The third kappa shape index (κ3) is 2.43. The van der Waals surface area contributed by atoms with Gasteiger partial charge in [-0.25, -0.2) is 4.79 Å². The number of amides is 1. The van der Waals surface area contributed by atoms with Crippen molar-refractivity contribution in [1.29, 1.82) is 0 Å². The minimum absolute atomic E-state index is 0.0476. The van der Waals surface area contributed by atoms with Crippen LogP contribution in [0.4, 0.5) is 0 Å². The molecule has 21 heavy (non-hydrogen) atoms. The molecule has 1 fully saturated rings. The van der Waals surface area contributed by atoms with Crippen molar-refractivity contribution in [2.75, 3.05) is 13.1 Å². The lowest BCUT2D eigenvalue weighted by Gasteiger charge is -2.43. The van der Waals surface area contributed by atoms with Crippen molar-refractivity contribution in [3.8, 4) is 0 Å². The second-order valence-corrected chi connectivity index (χ2v) is 7.76. The third-order valence-corrected chi connectivity index (χ3v) is 6.37. The minimum atomic E-state index is -1.10. The summed E-state index contributed by atoms with van der Waals surface area (Å²) in [5.41, 5.74) is 0.0476. The van der Waals surface area contributed by atoms with Gasteiger partial charge in [-0.3, -0.25) is 14.7 Å². The molecule has 0 radical (unpaired) electrons. The molecule has 7 nitrogen and oxygen atoms in total. The van der Waals surface area contributed by atoms with E-state index in [1.807, 2.05) is 0 Å². The van der Waals surface area contributed by atoms with Crippen LogP contribution in [0.3, 0.4) is 0 Å². The van der Waals surface area contributed by atoms with E-state index in [-0.39, 0.29) is 22.2 Å². The van der Waals surface area contributed by atoms with Gasteiger partial charge in [0.15, 0.2) is 5.70 Å². The maximum absolute atomic E-state index is 12.0. The highest BCUT2D eigenvalue weighted by Gasteiger charge is 2.57. The topological polar surface area (TPSA) is 102 Å². The van der Waals surface area contributed by atoms with E-state index in [9.17, 15) is 19.8 Å². The van der Waals surface area contributed by atoms with Crippen molar-refractivity contribution in [2.24, 2.45) is 10.9 Å². The summed E-state index contributed by atoms with van der Waals surface area (Å²) in [5, 5.41) is 21.9. The molecule has 0 aromatic rings. The first-order chi connectivity index (χ1) is 10.0. The number of fused-ring (bicyclic) bond motifs is 1. The Bertz CT molecular complexity index is 549. The molecule has 9 heteroatoms. The largest absolute Gasteiger partial charge is 0.477 e. The fourth-order valence-corrected chi connectivity index (χ4v) is 5.73. The van der Waals surface area contributed by atoms with Crippen LogP contribution in [-0.2, 0) is 9.59 Å². The number of hydrogen-bond donors (Lipinski definition) is 3. The van der Waals surface area contributed by atoms with Gasteiger partial charge in [-0.1, -0.05) is 11.8 Å². The summed E-state index contributed by atoms with van der Waals surface area (Å²) in [7, 11) is 0. The Labute approximate surface area is 129 Å². The SMILES string of the molecule is CC(O)C1C(=O)N2C(C(=O)O)=C(SC3CN=CNC3)S[C@@H]12. The highest BCUT2D eigenvalue weighted by Crippen LogP contribution is 2.54. The monoisotopic (exact) mass is 329 g/mol. The number of aliphatic carboxylic acids is 1. The average molecular weight is 329 g/mol. The molecule has 0 aliphatic carbocycles. The molecular weight excluding hydrogens is 314 g/mol. The van der Waals surface area contributed by atoms with Crippen LogP contribution in [0.2, 0.25) is 0 Å². The number of nitrogens with zero attached hydrogens (tertiary/aromatic N) is 2. The molecule has 3 unspecified atom stereocenters. The Morgan fingerprint density at radius 2 is 2.43 bits per heavy atom. The molecule has 3 aliphatic rings. The van der Waals surface area contributed by atoms with E-state index in [4.69, 9.17) is 0 Å². The lowest BCUT2D eigenvalue weighted by molar-refractivity contribution is -0.156. The predicted molar refractivity (Wildman–Crippen MR) is 80.8 cm³/mol. The number of aliphatic hydroxyl groups excluding tert-OH is 1. The highest BCUT2D eigenvalue weighted by atomic mass is 32.2. The van der Waals surface area contributed by atoms with Crippen molar-refractivity contribution >= 4 is 41.7 Å². The molecule has 0 aromatic carbocycles. The summed E-state index contributed by atoms with van der Waals surface area (Å²) in [5.74, 6) is -1.93. The van der Waals surface area contributed by atoms with E-state index in [1.165, 1.54) is 28.4 Å². The highest BCUT2D eigenvalue weighted by molar-refractivity contribution is 8.23. The Balaban J connectivity index is 1.80. The van der Waals surface area contributed by atoms with Gasteiger partial charge in [0.25, 0.3) is 0 Å². The Morgan fingerprint density at radius 3 is 3.00 bits per heavy atom. The number of β-lactam (4-membered cyclic amide) rings is 1. The standard InChI is InChI=1S/C12H15N3O4S2/c1-5(16)7-9(17)15-8(11(18)19)12(21-10(7)15)20-6-2-13-4-14-3-6/h4-7,10,16H,2-3H2,1H3,(H,13,14)(H,18,19)/t5?,7?,10-/m0/s1. The van der Waals surface area contributed by atoms with Gasteiger partial charge in [0, 0.05) is 11.8 Å². The zero-order valence-corrected chi connectivity index (χ0v) is 12.9. The van der Waals surface area contributed by atoms with Crippen LogP contribution in [0.1, 0.15) is 6.92 Å². The lowest BCUT2D eigenvalue weighted by Crippen LogP contribution is -2.60. The van der Waals surface area contributed by atoms with Gasteiger partial charge < -0.3 is 15.5 Å². The minimum Gasteiger partial charge on any atom is -0.477 e. The van der Waals surface area contributed by atoms with E-state index in [0.717, 1.165) is 0 Å². The number of rotatable bonds is 4. The Kier molecular flexibility index (Phi) is 3.89. The number of thioether (sulfide) groups is 2. The van der Waals surface area contributed by atoms with Crippen molar-refractivity contribution in [3.05, 3.63) is 9.93 Å². The van der Waals surface area contributed by atoms with Gasteiger partial charge in [-0.15, -0.1) is 11.8 Å². The number of carboxylic acid groups (broad SMARTS) is 1. The summed E-state index contributed by atoms with van der Waals surface area (Å²) in [6, 6.07) is 0. The first-order valence-corrected chi connectivity index (χ1v) is 8.30. The second-order valence-electron chi connectivity index (χ2n) is 5.07. The van der Waals surface area contributed by atoms with Gasteiger partial charge in [-0.05, 0) is 6.92 Å². The number of carbonyl (C=O) groups is 2. The second kappa shape index (κ2) is 5.54. The lowest BCUT2D eigenvalue weighted by atomic mass is 9.92. The molecule has 114 valence electrons. The summed E-state index contributed by atoms with van der Waals surface area (Å²) < 4.78 is 0.632. The van der Waals surface area contributed by atoms with E-state index in [0.29, 0.717) is 17.3 Å². The average Bonchev–Trinajstić information content (AvgIpc) is 2.74. The van der Waals surface area contributed by atoms with Crippen molar-refractivity contribution in [2.45, 2.75) is 23.7 Å².